The van der Waals surface area contributed by atoms with Gasteiger partial charge in [0.25, 0.3) is 5.56 Å². The molecule has 0 saturated heterocycles. The van der Waals surface area contributed by atoms with E-state index in [1.807, 2.05) is 30.5 Å². The topological polar surface area (TPSA) is 34.0 Å². The molecule has 1 aromatic rings. The highest BCUT2D eigenvalue weighted by Crippen LogP contribution is 2.26. The van der Waals surface area contributed by atoms with Crippen LogP contribution >= 0.6 is 11.9 Å². The summed E-state index contributed by atoms with van der Waals surface area (Å²) in [5.74, 6) is 1.93. The molecule has 106 valence electrons. The van der Waals surface area contributed by atoms with E-state index in [2.05, 4.69) is 4.72 Å². The van der Waals surface area contributed by atoms with Crippen molar-refractivity contribution >= 4 is 17.6 Å². The first kappa shape index (κ1) is 14.5. The average Bonchev–Trinajstić information content (AvgIpc) is 2.43. The largest absolute Gasteiger partial charge is 0.325 e. The molecule has 1 aromatic heterocycles. The molecule has 0 unspecified atom stereocenters. The zero-order valence-corrected chi connectivity index (χ0v) is 12.8. The van der Waals surface area contributed by atoms with E-state index in [0.29, 0.717) is 5.69 Å². The molecular formula is C15H24N2OS. The number of anilines is 1. The minimum absolute atomic E-state index is 0.0960. The minimum Gasteiger partial charge on any atom is -0.325 e. The van der Waals surface area contributed by atoms with E-state index in [1.165, 1.54) is 32.1 Å². The second-order valence-electron chi connectivity index (χ2n) is 5.35. The Morgan fingerprint density at radius 3 is 2.74 bits per heavy atom. The van der Waals surface area contributed by atoms with Gasteiger partial charge in [-0.2, -0.15) is 0 Å². The van der Waals surface area contributed by atoms with Gasteiger partial charge in [-0.25, -0.2) is 0 Å². The summed E-state index contributed by atoms with van der Waals surface area (Å²) in [7, 11) is 0. The highest BCUT2D eigenvalue weighted by molar-refractivity contribution is 8.00. The number of aromatic nitrogens is 1. The molecule has 0 bridgehead atoms. The summed E-state index contributed by atoms with van der Waals surface area (Å²) in [6.07, 6.45) is 6.84. The van der Waals surface area contributed by atoms with Crippen LogP contribution in [0.5, 0.6) is 0 Å². The summed E-state index contributed by atoms with van der Waals surface area (Å²) in [6.45, 7) is 4.71. The van der Waals surface area contributed by atoms with E-state index in [1.54, 1.807) is 11.9 Å². The van der Waals surface area contributed by atoms with Crippen LogP contribution in [0.25, 0.3) is 0 Å². The molecular weight excluding hydrogens is 256 g/mol. The molecule has 3 nitrogen and oxygen atoms in total. The summed E-state index contributed by atoms with van der Waals surface area (Å²) in [6, 6.07) is 3.91. The lowest BCUT2D eigenvalue weighted by atomic mass is 9.91. The van der Waals surface area contributed by atoms with Crippen LogP contribution in [0.4, 0.5) is 5.69 Å². The fraction of sp³-hybridized carbons (Fsp3) is 0.667. The van der Waals surface area contributed by atoms with Gasteiger partial charge in [0, 0.05) is 18.0 Å². The van der Waals surface area contributed by atoms with Gasteiger partial charge in [0.1, 0.15) is 5.69 Å². The Kier molecular flexibility index (Phi) is 5.37. The van der Waals surface area contributed by atoms with Crippen molar-refractivity contribution in [2.75, 3.05) is 10.5 Å². The summed E-state index contributed by atoms with van der Waals surface area (Å²) >= 11 is 1.69. The molecule has 0 aliphatic heterocycles. The average molecular weight is 280 g/mol. The molecule has 1 fully saturated rings. The first-order valence-corrected chi connectivity index (χ1v) is 8.29. The number of aryl methyl sites for hydroxylation is 1. The van der Waals surface area contributed by atoms with E-state index in [9.17, 15) is 4.79 Å². The molecule has 2 rings (SSSR count). The predicted octanol–water partition coefficient (Wildman–Crippen LogP) is 3.82. The second-order valence-corrected chi connectivity index (χ2v) is 6.18. The van der Waals surface area contributed by atoms with Gasteiger partial charge >= 0.3 is 0 Å². The first-order valence-electron chi connectivity index (χ1n) is 7.30. The quantitative estimate of drug-likeness (QED) is 0.833. The molecule has 0 aromatic carbocycles. The minimum atomic E-state index is 0.0960. The lowest BCUT2D eigenvalue weighted by Crippen LogP contribution is -2.23. The number of pyridine rings is 1. The summed E-state index contributed by atoms with van der Waals surface area (Å²) in [5.41, 5.74) is 1.84. The van der Waals surface area contributed by atoms with Crippen molar-refractivity contribution in [1.29, 1.82) is 0 Å². The first-order chi connectivity index (χ1) is 9.22. The molecule has 1 N–H and O–H groups in total. The van der Waals surface area contributed by atoms with Crippen molar-refractivity contribution in [3.8, 4) is 0 Å². The standard InChI is InChI=1S/C15H24N2OS/c1-3-17-12(2)9-10-14(15(17)18)16-19-11-13-7-5-4-6-8-13/h9-10,13,16H,3-8,11H2,1-2H3. The number of hydrogen-bond donors (Lipinski definition) is 1. The van der Waals surface area contributed by atoms with E-state index in [-0.39, 0.29) is 5.56 Å². The van der Waals surface area contributed by atoms with Gasteiger partial charge in [0.05, 0.1) is 0 Å². The van der Waals surface area contributed by atoms with Crippen molar-refractivity contribution in [2.45, 2.75) is 52.5 Å². The van der Waals surface area contributed by atoms with Crippen LogP contribution in [-0.4, -0.2) is 10.3 Å². The Bertz CT molecular complexity index is 464. The fourth-order valence-corrected chi connectivity index (χ4v) is 3.70. The van der Waals surface area contributed by atoms with Crippen LogP contribution < -0.4 is 10.3 Å². The predicted molar refractivity (Wildman–Crippen MR) is 83.8 cm³/mol. The molecule has 0 atom stereocenters. The lowest BCUT2D eigenvalue weighted by molar-refractivity contribution is 0.391. The number of nitrogens with one attached hydrogen (secondary N) is 1. The normalized spacial score (nSPS) is 16.5. The monoisotopic (exact) mass is 280 g/mol. The molecule has 1 aliphatic carbocycles. The third-order valence-corrected chi connectivity index (χ3v) is 4.94. The van der Waals surface area contributed by atoms with Crippen LogP contribution in [0.2, 0.25) is 0 Å². The van der Waals surface area contributed by atoms with Crippen molar-refractivity contribution in [3.05, 3.63) is 28.2 Å². The maximum atomic E-state index is 12.2. The number of rotatable bonds is 5. The van der Waals surface area contributed by atoms with Gasteiger partial charge in [-0.15, -0.1) is 0 Å². The summed E-state index contributed by atoms with van der Waals surface area (Å²) < 4.78 is 5.05. The number of hydrogen-bond acceptors (Lipinski definition) is 3. The van der Waals surface area contributed by atoms with E-state index < -0.39 is 0 Å². The van der Waals surface area contributed by atoms with Crippen molar-refractivity contribution in [2.24, 2.45) is 5.92 Å². The molecule has 0 radical (unpaired) electrons. The zero-order chi connectivity index (χ0) is 13.7. The third kappa shape index (κ3) is 3.78. The van der Waals surface area contributed by atoms with Crippen LogP contribution in [-0.2, 0) is 6.54 Å². The molecule has 19 heavy (non-hydrogen) atoms. The maximum Gasteiger partial charge on any atom is 0.274 e. The zero-order valence-electron chi connectivity index (χ0n) is 11.9. The summed E-state index contributed by atoms with van der Waals surface area (Å²) in [4.78, 5) is 12.2. The second kappa shape index (κ2) is 7.04. The van der Waals surface area contributed by atoms with E-state index >= 15 is 0 Å². The number of nitrogens with zero attached hydrogens (tertiary/aromatic N) is 1. The smallest absolute Gasteiger partial charge is 0.274 e. The van der Waals surface area contributed by atoms with Gasteiger partial charge in [0.15, 0.2) is 0 Å². The van der Waals surface area contributed by atoms with Crippen molar-refractivity contribution in [1.82, 2.24) is 4.57 Å². The van der Waals surface area contributed by atoms with Gasteiger partial charge in [-0.3, -0.25) is 4.79 Å². The molecule has 0 amide bonds. The van der Waals surface area contributed by atoms with Crippen LogP contribution in [0, 0.1) is 12.8 Å². The van der Waals surface area contributed by atoms with Crippen molar-refractivity contribution in [3.63, 3.8) is 0 Å². The lowest BCUT2D eigenvalue weighted by Gasteiger charge is -2.21. The van der Waals surface area contributed by atoms with Crippen LogP contribution in [0.3, 0.4) is 0 Å². The van der Waals surface area contributed by atoms with Crippen LogP contribution in [0.1, 0.15) is 44.7 Å². The molecule has 1 saturated carbocycles. The molecule has 4 heteroatoms. The maximum absolute atomic E-state index is 12.2. The Balaban J connectivity index is 1.90. The fourth-order valence-electron chi connectivity index (χ4n) is 2.73. The van der Waals surface area contributed by atoms with Gasteiger partial charge < -0.3 is 9.29 Å². The Morgan fingerprint density at radius 1 is 1.32 bits per heavy atom. The molecule has 0 spiro atoms. The molecule has 1 aliphatic rings. The SMILES string of the molecule is CCn1c(C)ccc(NSCC2CCCCC2)c1=O. The van der Waals surface area contributed by atoms with Gasteiger partial charge in [-0.05, 0) is 44.7 Å². The van der Waals surface area contributed by atoms with Crippen molar-refractivity contribution < 1.29 is 0 Å². The van der Waals surface area contributed by atoms with E-state index in [4.69, 9.17) is 0 Å². The third-order valence-electron chi connectivity index (χ3n) is 3.93. The highest BCUT2D eigenvalue weighted by atomic mass is 32.2. The Hall–Kier alpha value is -0.900. The van der Waals surface area contributed by atoms with E-state index in [0.717, 1.165) is 23.9 Å². The van der Waals surface area contributed by atoms with Gasteiger partial charge in [0.2, 0.25) is 0 Å². The molecule has 1 heterocycles. The highest BCUT2D eigenvalue weighted by Gasteiger charge is 2.13. The Morgan fingerprint density at radius 2 is 2.05 bits per heavy atom. The van der Waals surface area contributed by atoms with Gasteiger partial charge in [-0.1, -0.05) is 31.2 Å². The van der Waals surface area contributed by atoms with Crippen LogP contribution in [0.15, 0.2) is 16.9 Å². The summed E-state index contributed by atoms with van der Waals surface area (Å²) in [5, 5.41) is 0. The Labute approximate surface area is 119 Å².